The molecule has 2 heteroatoms. The summed E-state index contributed by atoms with van der Waals surface area (Å²) in [5.41, 5.74) is 7.36. The van der Waals surface area contributed by atoms with Gasteiger partial charge in [-0.05, 0) is 67.7 Å². The van der Waals surface area contributed by atoms with Crippen LogP contribution in [-0.4, -0.2) is 0 Å². The third kappa shape index (κ3) is 2.93. The van der Waals surface area contributed by atoms with Crippen LogP contribution in [0.3, 0.4) is 0 Å². The van der Waals surface area contributed by atoms with Gasteiger partial charge in [-0.15, -0.1) is 0 Å². The van der Waals surface area contributed by atoms with Crippen molar-refractivity contribution < 1.29 is 8.83 Å². The van der Waals surface area contributed by atoms with Crippen LogP contribution in [0.1, 0.15) is 0 Å². The normalized spacial score (nSPS) is 12.0. The highest BCUT2D eigenvalue weighted by Gasteiger charge is 2.21. The molecule has 0 aliphatic carbocycles. The summed E-state index contributed by atoms with van der Waals surface area (Å²) in [4.78, 5) is 0. The lowest BCUT2D eigenvalue weighted by atomic mass is 9.85. The molecule has 0 spiro atoms. The van der Waals surface area contributed by atoms with Gasteiger partial charge in [0, 0.05) is 21.9 Å². The molecule has 40 heavy (non-hydrogen) atoms. The lowest BCUT2D eigenvalue weighted by Crippen LogP contribution is -1.90. The zero-order chi connectivity index (χ0) is 26.2. The fraction of sp³-hybridized carbons (Fsp3) is 0. The Balaban J connectivity index is 1.40. The second-order valence-corrected chi connectivity index (χ2v) is 10.5. The van der Waals surface area contributed by atoms with Crippen LogP contribution in [0.25, 0.3) is 87.5 Å². The van der Waals surface area contributed by atoms with Gasteiger partial charge in [0.25, 0.3) is 0 Å². The molecular weight excluding hydrogens is 488 g/mol. The Kier molecular flexibility index (Phi) is 4.36. The maximum atomic E-state index is 6.38. The van der Waals surface area contributed by atoms with E-state index in [9.17, 15) is 0 Å². The first-order chi connectivity index (χ1) is 19.8. The summed E-state index contributed by atoms with van der Waals surface area (Å²) in [5, 5.41) is 10.6. The number of fused-ring (bicyclic) bond motifs is 8. The van der Waals surface area contributed by atoms with Crippen LogP contribution in [0.4, 0.5) is 0 Å². The number of benzene rings is 7. The molecule has 9 aromatic rings. The average molecular weight is 511 g/mol. The predicted molar refractivity (Wildman–Crippen MR) is 167 cm³/mol. The van der Waals surface area contributed by atoms with Crippen molar-refractivity contribution in [2.24, 2.45) is 0 Å². The van der Waals surface area contributed by atoms with Gasteiger partial charge in [0.2, 0.25) is 0 Å². The van der Waals surface area contributed by atoms with E-state index in [1.54, 1.807) is 0 Å². The minimum Gasteiger partial charge on any atom is -0.463 e. The van der Waals surface area contributed by atoms with Gasteiger partial charge in [-0.1, -0.05) is 103 Å². The Labute approximate surface area is 229 Å². The zero-order valence-electron chi connectivity index (χ0n) is 21.5. The highest BCUT2D eigenvalue weighted by atomic mass is 16.3. The van der Waals surface area contributed by atoms with Gasteiger partial charge in [0.1, 0.15) is 16.7 Å². The SMILES string of the molecule is c1ccc2cc(-c3c4ccccc4c(-c4coc5c4ccc4oc6ccccc6c45)c4ccccc34)ccc2c1. The molecule has 0 aliphatic heterocycles. The predicted octanol–water partition coefficient (Wildman–Crippen LogP) is 11.1. The molecular formula is C38H22O2. The Bertz CT molecular complexity index is 2380. The van der Waals surface area contributed by atoms with E-state index < -0.39 is 0 Å². The summed E-state index contributed by atoms with van der Waals surface area (Å²) >= 11 is 0. The Morgan fingerprint density at radius 3 is 1.80 bits per heavy atom. The van der Waals surface area contributed by atoms with Crippen molar-refractivity contribution in [3.05, 3.63) is 134 Å². The van der Waals surface area contributed by atoms with Crippen LogP contribution in [0, 0.1) is 0 Å². The van der Waals surface area contributed by atoms with Crippen molar-refractivity contribution in [2.45, 2.75) is 0 Å². The molecule has 9 rings (SSSR count). The Morgan fingerprint density at radius 1 is 0.425 bits per heavy atom. The Hall–Kier alpha value is -5.34. The molecule has 0 saturated heterocycles. The highest BCUT2D eigenvalue weighted by Crippen LogP contribution is 2.47. The summed E-state index contributed by atoms with van der Waals surface area (Å²) in [6.07, 6.45) is 1.93. The monoisotopic (exact) mass is 510 g/mol. The third-order valence-corrected chi connectivity index (χ3v) is 8.32. The first kappa shape index (κ1) is 21.6. The summed E-state index contributed by atoms with van der Waals surface area (Å²) in [6.45, 7) is 0. The van der Waals surface area contributed by atoms with Crippen molar-refractivity contribution in [1.29, 1.82) is 0 Å². The van der Waals surface area contributed by atoms with Crippen LogP contribution in [0.2, 0.25) is 0 Å². The topological polar surface area (TPSA) is 26.3 Å². The van der Waals surface area contributed by atoms with Crippen LogP contribution < -0.4 is 0 Å². The number of furan rings is 2. The summed E-state index contributed by atoms with van der Waals surface area (Å²) in [5.74, 6) is 0. The maximum Gasteiger partial charge on any atom is 0.146 e. The minimum absolute atomic E-state index is 0.843. The number of hydrogen-bond acceptors (Lipinski definition) is 2. The third-order valence-electron chi connectivity index (χ3n) is 8.32. The van der Waals surface area contributed by atoms with Crippen molar-refractivity contribution in [3.8, 4) is 22.3 Å². The van der Waals surface area contributed by atoms with Crippen molar-refractivity contribution in [3.63, 3.8) is 0 Å². The molecule has 0 aliphatic rings. The van der Waals surface area contributed by atoms with E-state index in [-0.39, 0.29) is 0 Å². The van der Waals surface area contributed by atoms with Crippen molar-refractivity contribution >= 4 is 65.2 Å². The van der Waals surface area contributed by atoms with Gasteiger partial charge in [-0.25, -0.2) is 0 Å². The first-order valence-electron chi connectivity index (χ1n) is 13.6. The molecule has 0 N–H and O–H groups in total. The van der Waals surface area contributed by atoms with Gasteiger partial charge < -0.3 is 8.83 Å². The van der Waals surface area contributed by atoms with Gasteiger partial charge in [0.15, 0.2) is 0 Å². The van der Waals surface area contributed by atoms with Gasteiger partial charge >= 0.3 is 0 Å². The molecule has 0 fully saturated rings. The van der Waals surface area contributed by atoms with Crippen molar-refractivity contribution in [2.75, 3.05) is 0 Å². The lowest BCUT2D eigenvalue weighted by molar-refractivity contribution is 0.619. The molecule has 0 unspecified atom stereocenters. The molecule has 0 radical (unpaired) electrons. The number of hydrogen-bond donors (Lipinski definition) is 0. The maximum absolute atomic E-state index is 6.38. The van der Waals surface area contributed by atoms with E-state index in [1.165, 1.54) is 49.0 Å². The highest BCUT2D eigenvalue weighted by molar-refractivity contribution is 6.26. The standard InChI is InChI=1S/C38H22O2/c1-2-10-24-21-25(18-17-23(24)9-1)35-26-11-3-5-13-28(26)36(29-14-6-4-12-27(29)35)32-22-39-38-30(32)19-20-34-37(38)31-15-7-8-16-33(31)40-34/h1-22H. The second kappa shape index (κ2) is 8.08. The molecule has 0 atom stereocenters. The van der Waals surface area contributed by atoms with Crippen molar-refractivity contribution in [1.82, 2.24) is 0 Å². The summed E-state index contributed by atoms with van der Waals surface area (Å²) in [7, 11) is 0. The number of rotatable bonds is 2. The molecule has 0 amide bonds. The second-order valence-electron chi connectivity index (χ2n) is 10.5. The van der Waals surface area contributed by atoms with E-state index in [0.29, 0.717) is 0 Å². The minimum atomic E-state index is 0.843. The lowest BCUT2D eigenvalue weighted by Gasteiger charge is -2.17. The average Bonchev–Trinajstić information content (AvgIpc) is 3.61. The quantitative estimate of drug-likeness (QED) is 0.216. The van der Waals surface area contributed by atoms with E-state index >= 15 is 0 Å². The van der Waals surface area contributed by atoms with Gasteiger partial charge in [0.05, 0.1) is 11.6 Å². The van der Waals surface area contributed by atoms with E-state index in [2.05, 4.69) is 109 Å². The first-order valence-corrected chi connectivity index (χ1v) is 13.6. The van der Waals surface area contributed by atoms with Crippen LogP contribution in [0.15, 0.2) is 142 Å². The van der Waals surface area contributed by atoms with Crippen LogP contribution in [-0.2, 0) is 0 Å². The fourth-order valence-electron chi connectivity index (χ4n) is 6.57. The zero-order valence-corrected chi connectivity index (χ0v) is 21.5. The number of para-hydroxylation sites is 1. The molecule has 0 saturated carbocycles. The van der Waals surface area contributed by atoms with E-state index in [4.69, 9.17) is 8.83 Å². The Morgan fingerprint density at radius 2 is 1.05 bits per heavy atom. The molecule has 2 aromatic heterocycles. The molecule has 2 heterocycles. The molecule has 0 bridgehead atoms. The van der Waals surface area contributed by atoms with Gasteiger partial charge in [-0.2, -0.15) is 0 Å². The van der Waals surface area contributed by atoms with Crippen LogP contribution in [0.5, 0.6) is 0 Å². The van der Waals surface area contributed by atoms with Gasteiger partial charge in [-0.3, -0.25) is 0 Å². The fourth-order valence-corrected chi connectivity index (χ4v) is 6.57. The molecule has 2 nitrogen and oxygen atoms in total. The molecule has 7 aromatic carbocycles. The molecule has 186 valence electrons. The largest absolute Gasteiger partial charge is 0.463 e. The summed E-state index contributed by atoms with van der Waals surface area (Å²) in [6, 6.07) is 45.3. The van der Waals surface area contributed by atoms with E-state index in [1.807, 2.05) is 24.5 Å². The smallest absolute Gasteiger partial charge is 0.146 e. The van der Waals surface area contributed by atoms with Crippen LogP contribution >= 0.6 is 0 Å². The van der Waals surface area contributed by atoms with E-state index in [0.717, 1.165) is 38.5 Å². The summed E-state index contributed by atoms with van der Waals surface area (Å²) < 4.78 is 12.5.